The molecular weight excluding hydrogens is 416 g/mol. The highest BCUT2D eigenvalue weighted by Crippen LogP contribution is 2.33. The van der Waals surface area contributed by atoms with Gasteiger partial charge in [-0.1, -0.05) is 23.7 Å². The second-order valence-electron chi connectivity index (χ2n) is 6.44. The maximum Gasteiger partial charge on any atom is 0.241 e. The van der Waals surface area contributed by atoms with E-state index in [2.05, 4.69) is 5.32 Å². The third kappa shape index (κ3) is 6.78. The number of methoxy groups -OCH3 is 1. The van der Waals surface area contributed by atoms with Crippen molar-refractivity contribution in [1.82, 2.24) is 5.32 Å². The summed E-state index contributed by atoms with van der Waals surface area (Å²) in [5.74, 6) is 1.47. The molecule has 0 radical (unpaired) electrons. The number of nitrogens with one attached hydrogen (secondary N) is 1. The van der Waals surface area contributed by atoms with Crippen LogP contribution in [-0.2, 0) is 16.4 Å². The number of ether oxygens (including phenoxy) is 3. The summed E-state index contributed by atoms with van der Waals surface area (Å²) in [5, 5.41) is 8.82. The quantitative estimate of drug-likeness (QED) is 0.519. The first kappa shape index (κ1) is 23.3. The van der Waals surface area contributed by atoms with Crippen LogP contribution in [0.25, 0.3) is 0 Å². The van der Waals surface area contributed by atoms with Gasteiger partial charge in [-0.15, -0.1) is 0 Å². The van der Waals surface area contributed by atoms with Gasteiger partial charge in [0.2, 0.25) is 10.0 Å². The summed E-state index contributed by atoms with van der Waals surface area (Å²) in [6.07, 6.45) is 0.557. The summed E-state index contributed by atoms with van der Waals surface area (Å²) >= 11 is 6.16. The topological polar surface area (TPSA) is 99.9 Å². The molecular formula is C20H27ClN2O5S. The lowest BCUT2D eigenvalue weighted by molar-refractivity contribution is 0.272. The van der Waals surface area contributed by atoms with E-state index in [-0.39, 0.29) is 21.7 Å². The van der Waals surface area contributed by atoms with Gasteiger partial charge in [0.15, 0.2) is 17.2 Å². The van der Waals surface area contributed by atoms with E-state index < -0.39 is 10.0 Å². The number of hydrogen-bond acceptors (Lipinski definition) is 6. The molecule has 160 valence electrons. The van der Waals surface area contributed by atoms with Crippen molar-refractivity contribution in [2.75, 3.05) is 26.9 Å². The molecule has 0 unspecified atom stereocenters. The molecule has 0 spiro atoms. The third-order valence-corrected chi connectivity index (χ3v) is 5.32. The van der Waals surface area contributed by atoms with E-state index in [1.165, 1.54) is 13.2 Å². The van der Waals surface area contributed by atoms with Crippen LogP contribution in [0.2, 0.25) is 5.02 Å². The summed E-state index contributed by atoms with van der Waals surface area (Å²) in [7, 11) is -2.60. The van der Waals surface area contributed by atoms with Crippen molar-refractivity contribution in [1.29, 1.82) is 0 Å². The lowest BCUT2D eigenvalue weighted by atomic mass is 10.1. The van der Waals surface area contributed by atoms with Gasteiger partial charge in [0, 0.05) is 12.6 Å². The minimum absolute atomic E-state index is 0.0542. The maximum absolute atomic E-state index is 11.8. The summed E-state index contributed by atoms with van der Waals surface area (Å²) in [6.45, 7) is 5.55. The Hall–Kier alpha value is -2.00. The Balaban J connectivity index is 1.93. The lowest BCUT2D eigenvalue weighted by Gasteiger charge is -2.17. The molecule has 0 aliphatic carbocycles. The molecule has 0 saturated heterocycles. The summed E-state index contributed by atoms with van der Waals surface area (Å²) in [5.41, 5.74) is 0.738. The number of primary sulfonamides is 1. The fourth-order valence-corrected chi connectivity index (χ4v) is 4.03. The maximum atomic E-state index is 11.8. The average molecular weight is 443 g/mol. The standard InChI is InChI=1S/C20H27ClN2O5S/c1-4-27-17-7-5-6-8-18(17)28-10-9-23-14(2)11-15-12-16(21)20(26-3)19(13-15)29(22,24)25/h5-8,12-14,23H,4,9-11H2,1-3H3,(H2,22,24,25)/t14-/m1/s1. The number of para-hydroxylation sites is 2. The van der Waals surface area contributed by atoms with Crippen molar-refractivity contribution in [2.24, 2.45) is 5.14 Å². The summed E-state index contributed by atoms with van der Waals surface area (Å²) < 4.78 is 40.0. The Labute approximate surface area is 177 Å². The van der Waals surface area contributed by atoms with Gasteiger partial charge in [-0.2, -0.15) is 0 Å². The molecule has 0 heterocycles. The molecule has 2 aromatic carbocycles. The molecule has 0 aliphatic heterocycles. The minimum atomic E-state index is -3.95. The molecule has 9 heteroatoms. The zero-order chi connectivity index (χ0) is 21.4. The van der Waals surface area contributed by atoms with Crippen LogP contribution < -0.4 is 24.7 Å². The lowest BCUT2D eigenvalue weighted by Crippen LogP contribution is -2.32. The van der Waals surface area contributed by atoms with Gasteiger partial charge in [-0.3, -0.25) is 0 Å². The Morgan fingerprint density at radius 1 is 1.17 bits per heavy atom. The van der Waals surface area contributed by atoms with Crippen molar-refractivity contribution in [2.45, 2.75) is 31.2 Å². The zero-order valence-corrected chi connectivity index (χ0v) is 18.3. The van der Waals surface area contributed by atoms with Gasteiger partial charge in [-0.25, -0.2) is 13.6 Å². The smallest absolute Gasteiger partial charge is 0.241 e. The fourth-order valence-electron chi connectivity index (χ4n) is 2.89. The van der Waals surface area contributed by atoms with Gasteiger partial charge in [0.1, 0.15) is 11.5 Å². The van der Waals surface area contributed by atoms with E-state index in [4.69, 9.17) is 31.0 Å². The van der Waals surface area contributed by atoms with Crippen LogP contribution in [0.4, 0.5) is 0 Å². The van der Waals surface area contributed by atoms with E-state index in [1.807, 2.05) is 38.1 Å². The highest BCUT2D eigenvalue weighted by atomic mass is 35.5. The van der Waals surface area contributed by atoms with Crippen molar-refractivity contribution in [3.63, 3.8) is 0 Å². The SMILES string of the molecule is CCOc1ccccc1OCCN[C@H](C)Cc1cc(Cl)c(OC)c(S(N)(=O)=O)c1. The van der Waals surface area contributed by atoms with Crippen LogP contribution in [0.1, 0.15) is 19.4 Å². The number of rotatable bonds is 11. The van der Waals surface area contributed by atoms with E-state index >= 15 is 0 Å². The Bertz CT molecular complexity index is 921. The average Bonchev–Trinajstić information content (AvgIpc) is 2.65. The monoisotopic (exact) mass is 442 g/mol. The molecule has 3 N–H and O–H groups in total. The molecule has 0 aliphatic rings. The van der Waals surface area contributed by atoms with Crippen LogP contribution in [0.15, 0.2) is 41.3 Å². The fraction of sp³-hybridized carbons (Fsp3) is 0.400. The van der Waals surface area contributed by atoms with Gasteiger partial charge in [0.25, 0.3) is 0 Å². The van der Waals surface area contributed by atoms with Crippen LogP contribution in [0, 0.1) is 0 Å². The molecule has 0 aromatic heterocycles. The first-order valence-electron chi connectivity index (χ1n) is 9.23. The number of halogens is 1. The van der Waals surface area contributed by atoms with Crippen LogP contribution in [0.3, 0.4) is 0 Å². The summed E-state index contributed by atoms with van der Waals surface area (Å²) in [4.78, 5) is -0.120. The molecule has 0 saturated carbocycles. The normalized spacial score (nSPS) is 12.4. The Kier molecular flexibility index (Phi) is 8.58. The van der Waals surface area contributed by atoms with E-state index in [9.17, 15) is 8.42 Å². The van der Waals surface area contributed by atoms with Crippen LogP contribution in [-0.4, -0.2) is 41.3 Å². The Morgan fingerprint density at radius 3 is 2.41 bits per heavy atom. The van der Waals surface area contributed by atoms with E-state index in [0.29, 0.717) is 37.7 Å². The molecule has 2 aromatic rings. The highest BCUT2D eigenvalue weighted by molar-refractivity contribution is 7.89. The first-order valence-corrected chi connectivity index (χ1v) is 11.2. The third-order valence-electron chi connectivity index (χ3n) is 4.12. The van der Waals surface area contributed by atoms with Crippen molar-refractivity contribution >= 4 is 21.6 Å². The van der Waals surface area contributed by atoms with E-state index in [0.717, 1.165) is 5.56 Å². The van der Waals surface area contributed by atoms with Crippen molar-refractivity contribution in [3.05, 3.63) is 47.0 Å². The van der Waals surface area contributed by atoms with Gasteiger partial charge < -0.3 is 19.5 Å². The number of sulfonamides is 1. The molecule has 29 heavy (non-hydrogen) atoms. The molecule has 7 nitrogen and oxygen atoms in total. The van der Waals surface area contributed by atoms with Gasteiger partial charge >= 0.3 is 0 Å². The largest absolute Gasteiger partial charge is 0.494 e. The number of nitrogens with two attached hydrogens (primary N) is 1. The first-order chi connectivity index (χ1) is 13.8. The van der Waals surface area contributed by atoms with Crippen LogP contribution in [0.5, 0.6) is 17.2 Å². The molecule has 0 amide bonds. The molecule has 1 atom stereocenters. The van der Waals surface area contributed by atoms with Gasteiger partial charge in [-0.05, 0) is 50.1 Å². The molecule has 2 rings (SSSR count). The predicted molar refractivity (Wildman–Crippen MR) is 114 cm³/mol. The van der Waals surface area contributed by atoms with E-state index in [1.54, 1.807) is 6.07 Å². The van der Waals surface area contributed by atoms with Crippen molar-refractivity contribution < 1.29 is 22.6 Å². The predicted octanol–water partition coefficient (Wildman–Crippen LogP) is 2.99. The second kappa shape index (κ2) is 10.7. The zero-order valence-electron chi connectivity index (χ0n) is 16.8. The summed E-state index contributed by atoms with van der Waals surface area (Å²) in [6, 6.07) is 10.8. The second-order valence-corrected chi connectivity index (χ2v) is 8.38. The molecule has 0 fully saturated rings. The Morgan fingerprint density at radius 2 is 1.83 bits per heavy atom. The minimum Gasteiger partial charge on any atom is -0.494 e. The van der Waals surface area contributed by atoms with Gasteiger partial charge in [0.05, 0.1) is 18.7 Å². The molecule has 0 bridgehead atoms. The number of benzene rings is 2. The van der Waals surface area contributed by atoms with Crippen LogP contribution >= 0.6 is 11.6 Å². The van der Waals surface area contributed by atoms with Crippen molar-refractivity contribution in [3.8, 4) is 17.2 Å². The number of hydrogen-bond donors (Lipinski definition) is 2. The highest BCUT2D eigenvalue weighted by Gasteiger charge is 2.20.